The summed E-state index contributed by atoms with van der Waals surface area (Å²) in [5.41, 5.74) is 6.43. The van der Waals surface area contributed by atoms with Crippen molar-refractivity contribution in [3.63, 3.8) is 0 Å². The molecule has 1 aromatic heterocycles. The number of fused-ring (bicyclic) bond motifs is 1. The average molecular weight is 382 g/mol. The molecule has 8 heteroatoms. The number of ether oxygens (including phenoxy) is 1. The first-order valence-corrected chi connectivity index (χ1v) is 8.59. The molecule has 1 unspecified atom stereocenters. The molecule has 0 saturated heterocycles. The Bertz CT molecular complexity index is 1070. The van der Waals surface area contributed by atoms with Crippen LogP contribution in [0.4, 0.5) is 20.3 Å². The highest BCUT2D eigenvalue weighted by molar-refractivity contribution is 6.10. The number of benzene rings is 2. The van der Waals surface area contributed by atoms with Crippen LogP contribution >= 0.6 is 0 Å². The monoisotopic (exact) mass is 382 g/mol. The van der Waals surface area contributed by atoms with E-state index in [1.165, 1.54) is 41.6 Å². The maximum atomic E-state index is 14.8. The van der Waals surface area contributed by atoms with Crippen LogP contribution in [0.3, 0.4) is 0 Å². The number of aromatic nitrogens is 2. The lowest BCUT2D eigenvalue weighted by atomic mass is 10.0. The maximum Gasteiger partial charge on any atom is 0.267 e. The Balaban J connectivity index is 1.77. The van der Waals surface area contributed by atoms with Crippen LogP contribution in [0.1, 0.15) is 17.3 Å². The Morgan fingerprint density at radius 2 is 1.86 bits per heavy atom. The van der Waals surface area contributed by atoms with Gasteiger partial charge in [-0.1, -0.05) is 18.2 Å². The minimum absolute atomic E-state index is 0.0162. The highest BCUT2D eigenvalue weighted by Gasteiger charge is 2.31. The quantitative estimate of drug-likeness (QED) is 0.734. The summed E-state index contributed by atoms with van der Waals surface area (Å²) >= 11 is 0. The lowest BCUT2D eigenvalue weighted by molar-refractivity contribution is 0.0988. The van der Waals surface area contributed by atoms with Gasteiger partial charge in [0.2, 0.25) is 5.88 Å². The molecule has 2 aromatic carbocycles. The van der Waals surface area contributed by atoms with Crippen LogP contribution in [0, 0.1) is 11.6 Å². The smallest absolute Gasteiger partial charge is 0.267 e. The van der Waals surface area contributed by atoms with Crippen molar-refractivity contribution < 1.29 is 18.3 Å². The van der Waals surface area contributed by atoms with Crippen molar-refractivity contribution in [1.29, 1.82) is 0 Å². The van der Waals surface area contributed by atoms with E-state index in [0.29, 0.717) is 5.69 Å². The molecule has 4 rings (SSSR count). The number of amides is 1. The van der Waals surface area contributed by atoms with E-state index in [9.17, 15) is 13.6 Å². The zero-order chi connectivity index (χ0) is 19.8. The lowest BCUT2D eigenvalue weighted by Gasteiger charge is -2.23. The zero-order valence-electron chi connectivity index (χ0n) is 14.9. The number of hydrogen-bond donors (Lipinski definition) is 1. The van der Waals surface area contributed by atoms with Crippen molar-refractivity contribution in [1.82, 2.24) is 9.97 Å². The van der Waals surface area contributed by atoms with E-state index in [1.807, 2.05) is 0 Å². The molecule has 0 aliphatic carbocycles. The molecule has 1 aliphatic heterocycles. The summed E-state index contributed by atoms with van der Waals surface area (Å²) < 4.78 is 34.5. The van der Waals surface area contributed by atoms with Gasteiger partial charge in [0.1, 0.15) is 35.4 Å². The standard InChI is InChI=1S/C20H16F2N4O2/c1-11-9-26(20(27)17-18(23)24-10-25-19(17)28-11)12-6-7-14(16(22)8-12)13-4-2-3-5-15(13)21/h2-8,10-11H,9H2,1H3,(H2,23,24,25). The van der Waals surface area contributed by atoms with Crippen molar-refractivity contribution in [3.05, 3.63) is 66.0 Å². The number of nitrogens with two attached hydrogens (primary N) is 1. The molecular weight excluding hydrogens is 366 g/mol. The fourth-order valence-corrected chi connectivity index (χ4v) is 3.17. The third-order valence-electron chi connectivity index (χ3n) is 4.48. The summed E-state index contributed by atoms with van der Waals surface area (Å²) in [5, 5.41) is 0. The van der Waals surface area contributed by atoms with Crippen molar-refractivity contribution in [2.45, 2.75) is 13.0 Å². The van der Waals surface area contributed by atoms with Gasteiger partial charge in [-0.2, -0.15) is 0 Å². The minimum Gasteiger partial charge on any atom is -0.472 e. The first kappa shape index (κ1) is 17.8. The summed E-state index contributed by atoms with van der Waals surface area (Å²) in [6, 6.07) is 10.1. The van der Waals surface area contributed by atoms with E-state index >= 15 is 0 Å². The molecule has 2 N–H and O–H groups in total. The number of nitrogen functional groups attached to an aromatic ring is 1. The Morgan fingerprint density at radius 3 is 2.61 bits per heavy atom. The van der Waals surface area contributed by atoms with E-state index in [0.717, 1.165) is 0 Å². The molecule has 0 fully saturated rings. The molecule has 0 bridgehead atoms. The molecule has 1 atom stereocenters. The zero-order valence-corrected chi connectivity index (χ0v) is 14.9. The van der Waals surface area contributed by atoms with Crippen LogP contribution in [-0.4, -0.2) is 28.5 Å². The Kier molecular flexibility index (Phi) is 4.38. The molecule has 6 nitrogen and oxygen atoms in total. The highest BCUT2D eigenvalue weighted by atomic mass is 19.1. The molecule has 0 spiro atoms. The molecule has 3 aromatic rings. The number of hydrogen-bond acceptors (Lipinski definition) is 5. The Labute approximate surface area is 159 Å². The molecule has 0 saturated carbocycles. The number of carbonyl (C=O) groups is 1. The van der Waals surface area contributed by atoms with Gasteiger partial charge in [0.15, 0.2) is 0 Å². The minimum atomic E-state index is -0.647. The molecule has 142 valence electrons. The topological polar surface area (TPSA) is 81.3 Å². The van der Waals surface area contributed by atoms with Gasteiger partial charge in [-0.3, -0.25) is 4.79 Å². The molecule has 28 heavy (non-hydrogen) atoms. The van der Waals surface area contributed by atoms with Crippen molar-refractivity contribution in [2.24, 2.45) is 0 Å². The van der Waals surface area contributed by atoms with Gasteiger partial charge in [0.05, 0.1) is 6.54 Å². The number of anilines is 2. The first-order chi connectivity index (χ1) is 13.5. The van der Waals surface area contributed by atoms with E-state index in [-0.39, 0.29) is 34.9 Å². The van der Waals surface area contributed by atoms with Gasteiger partial charge in [-0.05, 0) is 31.2 Å². The second kappa shape index (κ2) is 6.88. The van der Waals surface area contributed by atoms with Gasteiger partial charge in [-0.15, -0.1) is 0 Å². The Morgan fingerprint density at radius 1 is 1.11 bits per heavy atom. The normalized spacial score (nSPS) is 16.3. The van der Waals surface area contributed by atoms with E-state index in [1.54, 1.807) is 19.1 Å². The third kappa shape index (κ3) is 3.02. The van der Waals surface area contributed by atoms with E-state index in [4.69, 9.17) is 10.5 Å². The van der Waals surface area contributed by atoms with Crippen molar-refractivity contribution in [3.8, 4) is 17.0 Å². The van der Waals surface area contributed by atoms with Gasteiger partial charge in [0.25, 0.3) is 5.91 Å². The number of rotatable bonds is 2. The van der Waals surface area contributed by atoms with Crippen LogP contribution in [0.2, 0.25) is 0 Å². The second-order valence-electron chi connectivity index (χ2n) is 6.43. The second-order valence-corrected chi connectivity index (χ2v) is 6.43. The largest absolute Gasteiger partial charge is 0.472 e. The highest BCUT2D eigenvalue weighted by Crippen LogP contribution is 2.32. The fraction of sp³-hybridized carbons (Fsp3) is 0.150. The molecule has 1 amide bonds. The lowest BCUT2D eigenvalue weighted by Crippen LogP contribution is -2.36. The number of halogens is 2. The number of nitrogens with zero attached hydrogens (tertiary/aromatic N) is 3. The molecule has 0 radical (unpaired) electrons. The summed E-state index contributed by atoms with van der Waals surface area (Å²) in [7, 11) is 0. The number of carbonyl (C=O) groups excluding carboxylic acids is 1. The third-order valence-corrected chi connectivity index (χ3v) is 4.48. The summed E-state index contributed by atoms with van der Waals surface area (Å²) in [6.45, 7) is 1.92. The van der Waals surface area contributed by atoms with E-state index < -0.39 is 23.6 Å². The Hall–Kier alpha value is -3.55. The fourth-order valence-electron chi connectivity index (χ4n) is 3.17. The van der Waals surface area contributed by atoms with Crippen LogP contribution in [0.25, 0.3) is 11.1 Å². The van der Waals surface area contributed by atoms with Crippen LogP contribution in [-0.2, 0) is 0 Å². The van der Waals surface area contributed by atoms with Gasteiger partial charge in [-0.25, -0.2) is 18.7 Å². The molecule has 1 aliphatic rings. The predicted molar refractivity (Wildman–Crippen MR) is 100 cm³/mol. The van der Waals surface area contributed by atoms with Crippen LogP contribution in [0.5, 0.6) is 5.88 Å². The summed E-state index contributed by atoms with van der Waals surface area (Å²) in [6.07, 6.45) is 0.806. The van der Waals surface area contributed by atoms with Gasteiger partial charge < -0.3 is 15.4 Å². The van der Waals surface area contributed by atoms with Gasteiger partial charge >= 0.3 is 0 Å². The molecule has 2 heterocycles. The SMILES string of the molecule is CC1CN(c2ccc(-c3ccccc3F)c(F)c2)C(=O)c2c(N)ncnc2O1. The molecular formula is C20H16F2N4O2. The summed E-state index contributed by atoms with van der Waals surface area (Å²) in [4.78, 5) is 22.2. The van der Waals surface area contributed by atoms with Crippen LogP contribution in [0.15, 0.2) is 48.8 Å². The van der Waals surface area contributed by atoms with Gasteiger partial charge in [0, 0.05) is 16.8 Å². The first-order valence-electron chi connectivity index (χ1n) is 8.59. The van der Waals surface area contributed by atoms with Crippen molar-refractivity contribution in [2.75, 3.05) is 17.2 Å². The average Bonchev–Trinajstić information content (AvgIpc) is 2.79. The van der Waals surface area contributed by atoms with E-state index in [2.05, 4.69) is 9.97 Å². The predicted octanol–water partition coefficient (Wildman–Crippen LogP) is 3.43. The van der Waals surface area contributed by atoms with Crippen LogP contribution < -0.4 is 15.4 Å². The van der Waals surface area contributed by atoms with Crippen molar-refractivity contribution >= 4 is 17.4 Å². The summed E-state index contributed by atoms with van der Waals surface area (Å²) in [5.74, 6) is -1.59. The maximum absolute atomic E-state index is 14.8.